The van der Waals surface area contributed by atoms with Gasteiger partial charge in [-0.25, -0.2) is 0 Å². The first-order valence-corrected chi connectivity index (χ1v) is 7.37. The van der Waals surface area contributed by atoms with E-state index in [1.807, 2.05) is 29.2 Å². The zero-order chi connectivity index (χ0) is 14.9. The topological polar surface area (TPSA) is 40.5 Å². The van der Waals surface area contributed by atoms with E-state index >= 15 is 0 Å². The van der Waals surface area contributed by atoms with Gasteiger partial charge in [0.1, 0.15) is 0 Å². The van der Waals surface area contributed by atoms with Crippen molar-refractivity contribution in [3.8, 4) is 0 Å². The zero-order valence-corrected chi connectivity index (χ0v) is 12.9. The third kappa shape index (κ3) is 2.88. The molecule has 2 unspecified atom stereocenters. The molecular weight excluding hydrogens is 250 g/mol. The van der Waals surface area contributed by atoms with Gasteiger partial charge in [-0.15, -0.1) is 0 Å². The van der Waals surface area contributed by atoms with Crippen LogP contribution in [0.2, 0.25) is 0 Å². The maximum atomic E-state index is 12.5. The summed E-state index contributed by atoms with van der Waals surface area (Å²) in [5.74, 6) is 0.409. The van der Waals surface area contributed by atoms with Crippen LogP contribution in [0.3, 0.4) is 0 Å². The number of aliphatic hydroxyl groups excluding tert-OH is 1. The van der Waals surface area contributed by atoms with Gasteiger partial charge in [0.25, 0.3) is 5.91 Å². The van der Waals surface area contributed by atoms with Crippen molar-refractivity contribution in [1.82, 2.24) is 4.90 Å². The summed E-state index contributed by atoms with van der Waals surface area (Å²) in [5, 5.41) is 9.46. The molecule has 1 aliphatic heterocycles. The number of likely N-dealkylation sites (tertiary alicyclic amines) is 1. The van der Waals surface area contributed by atoms with Crippen LogP contribution >= 0.6 is 0 Å². The molecule has 0 spiro atoms. The number of carbonyl (C=O) groups is 1. The maximum absolute atomic E-state index is 12.5. The minimum atomic E-state index is -0.0372. The Bertz CT molecular complexity index is 473. The lowest BCUT2D eigenvalue weighted by atomic mass is 9.86. The Morgan fingerprint density at radius 3 is 2.40 bits per heavy atom. The zero-order valence-electron chi connectivity index (χ0n) is 12.9. The second-order valence-corrected chi connectivity index (χ2v) is 6.84. The summed E-state index contributed by atoms with van der Waals surface area (Å²) < 4.78 is 0. The van der Waals surface area contributed by atoms with Crippen LogP contribution in [0.4, 0.5) is 0 Å². The second kappa shape index (κ2) is 5.57. The van der Waals surface area contributed by atoms with Crippen molar-refractivity contribution < 1.29 is 9.90 Å². The highest BCUT2D eigenvalue weighted by Gasteiger charge is 2.34. The van der Waals surface area contributed by atoms with E-state index in [0.717, 1.165) is 13.0 Å². The number of hydrogen-bond acceptors (Lipinski definition) is 2. The van der Waals surface area contributed by atoms with Gasteiger partial charge in [-0.1, -0.05) is 39.8 Å². The fourth-order valence-corrected chi connectivity index (χ4v) is 2.82. The molecule has 1 heterocycles. The summed E-state index contributed by atoms with van der Waals surface area (Å²) in [6.45, 7) is 9.37. The largest absolute Gasteiger partial charge is 0.394 e. The minimum absolute atomic E-state index is 0.0360. The molecular formula is C17H25NO2. The van der Waals surface area contributed by atoms with Crippen molar-refractivity contribution in [2.75, 3.05) is 13.2 Å². The molecule has 1 fully saturated rings. The number of hydrogen-bond donors (Lipinski definition) is 1. The SMILES string of the molecule is CC1CCN(C(=O)c2ccc(C(C)(C)C)cc2)C1CO. The fraction of sp³-hybridized carbons (Fsp3) is 0.588. The Labute approximate surface area is 121 Å². The summed E-state index contributed by atoms with van der Waals surface area (Å²) in [5.41, 5.74) is 2.03. The molecule has 1 amide bonds. The van der Waals surface area contributed by atoms with Gasteiger partial charge in [0, 0.05) is 12.1 Å². The Balaban J connectivity index is 2.18. The number of aliphatic hydroxyl groups is 1. The molecule has 0 radical (unpaired) electrons. The van der Waals surface area contributed by atoms with Gasteiger partial charge in [0.15, 0.2) is 0 Å². The summed E-state index contributed by atoms with van der Waals surface area (Å²) in [6, 6.07) is 7.83. The standard InChI is InChI=1S/C17H25NO2/c1-12-9-10-18(15(12)11-19)16(20)13-5-7-14(8-6-13)17(2,3)4/h5-8,12,15,19H,9-11H2,1-4H3. The molecule has 3 heteroatoms. The van der Waals surface area contributed by atoms with E-state index in [4.69, 9.17) is 0 Å². The van der Waals surface area contributed by atoms with Crippen LogP contribution in [0.5, 0.6) is 0 Å². The van der Waals surface area contributed by atoms with Crippen LogP contribution in [0.25, 0.3) is 0 Å². The lowest BCUT2D eigenvalue weighted by molar-refractivity contribution is 0.0648. The Morgan fingerprint density at radius 1 is 1.30 bits per heavy atom. The average Bonchev–Trinajstić information content (AvgIpc) is 2.78. The van der Waals surface area contributed by atoms with E-state index in [-0.39, 0.29) is 24.0 Å². The Hall–Kier alpha value is -1.35. The highest BCUT2D eigenvalue weighted by atomic mass is 16.3. The van der Waals surface area contributed by atoms with Crippen molar-refractivity contribution in [2.24, 2.45) is 5.92 Å². The molecule has 1 aliphatic rings. The van der Waals surface area contributed by atoms with E-state index < -0.39 is 0 Å². The lowest BCUT2D eigenvalue weighted by Crippen LogP contribution is -2.39. The molecule has 0 aliphatic carbocycles. The monoisotopic (exact) mass is 275 g/mol. The summed E-state index contributed by atoms with van der Waals surface area (Å²) in [4.78, 5) is 14.4. The van der Waals surface area contributed by atoms with Crippen LogP contribution in [0.15, 0.2) is 24.3 Å². The van der Waals surface area contributed by atoms with E-state index in [0.29, 0.717) is 11.5 Å². The van der Waals surface area contributed by atoms with Gasteiger partial charge >= 0.3 is 0 Å². The Morgan fingerprint density at radius 2 is 1.90 bits per heavy atom. The van der Waals surface area contributed by atoms with Gasteiger partial charge in [0.2, 0.25) is 0 Å². The lowest BCUT2D eigenvalue weighted by Gasteiger charge is -2.26. The highest BCUT2D eigenvalue weighted by Crippen LogP contribution is 2.27. The number of amides is 1. The number of carbonyl (C=O) groups excluding carboxylic acids is 1. The third-order valence-corrected chi connectivity index (χ3v) is 4.33. The molecule has 1 aromatic rings. The van der Waals surface area contributed by atoms with Crippen LogP contribution < -0.4 is 0 Å². The van der Waals surface area contributed by atoms with E-state index in [1.165, 1.54) is 5.56 Å². The molecule has 0 bridgehead atoms. The maximum Gasteiger partial charge on any atom is 0.254 e. The van der Waals surface area contributed by atoms with Crippen molar-refractivity contribution in [2.45, 2.75) is 45.6 Å². The molecule has 1 aromatic carbocycles. The van der Waals surface area contributed by atoms with Crippen LogP contribution in [-0.4, -0.2) is 35.1 Å². The predicted molar refractivity (Wildman–Crippen MR) is 80.8 cm³/mol. The van der Waals surface area contributed by atoms with E-state index in [2.05, 4.69) is 27.7 Å². The normalized spacial score (nSPS) is 23.1. The summed E-state index contributed by atoms with van der Waals surface area (Å²) in [7, 11) is 0. The van der Waals surface area contributed by atoms with Gasteiger partial charge in [-0.05, 0) is 35.4 Å². The smallest absolute Gasteiger partial charge is 0.254 e. The van der Waals surface area contributed by atoms with E-state index in [1.54, 1.807) is 0 Å². The van der Waals surface area contributed by atoms with Gasteiger partial charge in [-0.3, -0.25) is 4.79 Å². The summed E-state index contributed by atoms with van der Waals surface area (Å²) >= 11 is 0. The van der Waals surface area contributed by atoms with Crippen molar-refractivity contribution in [3.63, 3.8) is 0 Å². The van der Waals surface area contributed by atoms with Gasteiger partial charge in [0.05, 0.1) is 12.6 Å². The first-order valence-electron chi connectivity index (χ1n) is 7.37. The molecule has 3 nitrogen and oxygen atoms in total. The van der Waals surface area contributed by atoms with Gasteiger partial charge < -0.3 is 10.0 Å². The third-order valence-electron chi connectivity index (χ3n) is 4.33. The highest BCUT2D eigenvalue weighted by molar-refractivity contribution is 5.94. The number of nitrogens with zero attached hydrogens (tertiary/aromatic N) is 1. The molecule has 1 N–H and O–H groups in total. The molecule has 2 atom stereocenters. The quantitative estimate of drug-likeness (QED) is 0.901. The van der Waals surface area contributed by atoms with Crippen LogP contribution in [-0.2, 0) is 5.41 Å². The number of rotatable bonds is 2. The number of benzene rings is 1. The molecule has 0 saturated carbocycles. The molecule has 1 saturated heterocycles. The molecule has 2 rings (SSSR count). The first-order chi connectivity index (χ1) is 9.34. The van der Waals surface area contributed by atoms with Crippen molar-refractivity contribution in [1.29, 1.82) is 0 Å². The minimum Gasteiger partial charge on any atom is -0.394 e. The van der Waals surface area contributed by atoms with Gasteiger partial charge in [-0.2, -0.15) is 0 Å². The first kappa shape index (κ1) is 15.0. The van der Waals surface area contributed by atoms with Crippen LogP contribution in [0, 0.1) is 5.92 Å². The molecule has 0 aromatic heterocycles. The predicted octanol–water partition coefficient (Wildman–Crippen LogP) is 2.83. The van der Waals surface area contributed by atoms with E-state index in [9.17, 15) is 9.90 Å². The molecule has 110 valence electrons. The summed E-state index contributed by atoms with van der Waals surface area (Å²) in [6.07, 6.45) is 0.969. The van der Waals surface area contributed by atoms with Crippen molar-refractivity contribution in [3.05, 3.63) is 35.4 Å². The molecule has 20 heavy (non-hydrogen) atoms. The second-order valence-electron chi connectivity index (χ2n) is 6.84. The fourth-order valence-electron chi connectivity index (χ4n) is 2.82. The van der Waals surface area contributed by atoms with Crippen molar-refractivity contribution >= 4 is 5.91 Å². The average molecular weight is 275 g/mol. The Kier molecular flexibility index (Phi) is 4.19. The van der Waals surface area contributed by atoms with Crippen LogP contribution in [0.1, 0.15) is 50.0 Å².